The number of benzene rings is 2. The molecule has 1 atom stereocenters. The molecule has 0 spiro atoms. The summed E-state index contributed by atoms with van der Waals surface area (Å²) in [6.45, 7) is 6.88. The molecule has 1 nitrogen and oxygen atoms in total. The smallest absolute Gasteiger partial charge is 0.111 e. The Labute approximate surface area is 124 Å². The quantitative estimate of drug-likeness (QED) is 0.810. The van der Waals surface area contributed by atoms with Gasteiger partial charge in [-0.3, -0.25) is 0 Å². The van der Waals surface area contributed by atoms with Gasteiger partial charge in [0.05, 0.1) is 0 Å². The van der Waals surface area contributed by atoms with Crippen LogP contribution in [0.15, 0.2) is 72.1 Å². The van der Waals surface area contributed by atoms with Crippen molar-refractivity contribution in [3.8, 4) is 0 Å². The third-order valence-electron chi connectivity index (χ3n) is 3.69. The number of hydrogen-bond acceptors (Lipinski definition) is 2. The highest BCUT2D eigenvalue weighted by atomic mass is 32.2. The lowest BCUT2D eigenvalue weighted by atomic mass is 9.84. The van der Waals surface area contributed by atoms with E-state index in [9.17, 15) is 0 Å². The fourth-order valence-electron chi connectivity index (χ4n) is 2.82. The van der Waals surface area contributed by atoms with Gasteiger partial charge in [0.1, 0.15) is 10.9 Å². The first-order chi connectivity index (χ1) is 9.79. The molecule has 1 saturated heterocycles. The molecule has 2 aromatic rings. The van der Waals surface area contributed by atoms with Gasteiger partial charge in [0.15, 0.2) is 0 Å². The zero-order valence-corrected chi connectivity index (χ0v) is 12.4. The molecule has 1 heterocycles. The second-order valence-electron chi connectivity index (χ2n) is 4.87. The van der Waals surface area contributed by atoms with Gasteiger partial charge in [0.2, 0.25) is 0 Å². The van der Waals surface area contributed by atoms with E-state index < -0.39 is 0 Å². The van der Waals surface area contributed by atoms with Crippen LogP contribution in [-0.4, -0.2) is 12.7 Å². The summed E-state index contributed by atoms with van der Waals surface area (Å²) in [6.07, 6.45) is 0.0438. The van der Waals surface area contributed by atoms with Gasteiger partial charge in [-0.2, -0.15) is 0 Å². The second kappa shape index (κ2) is 5.47. The summed E-state index contributed by atoms with van der Waals surface area (Å²) < 4.78 is 5.84. The molecule has 1 unspecified atom stereocenters. The van der Waals surface area contributed by atoms with Crippen molar-refractivity contribution in [3.63, 3.8) is 0 Å². The minimum absolute atomic E-state index is 0.0438. The molecule has 2 aromatic carbocycles. The van der Waals surface area contributed by atoms with Crippen LogP contribution in [-0.2, 0) is 9.48 Å². The van der Waals surface area contributed by atoms with Crippen molar-refractivity contribution in [2.24, 2.45) is 0 Å². The standard InChI is InChI=1S/C18H18OS/c1-3-19-17-14(2)20-18(17,15-10-6-4-7-11-15)16-12-8-5-9-13-16/h4-13,17H,2-3H2,1H3. The number of thioether (sulfide) groups is 1. The van der Waals surface area contributed by atoms with E-state index >= 15 is 0 Å². The number of ether oxygens (including phenoxy) is 1. The van der Waals surface area contributed by atoms with Gasteiger partial charge >= 0.3 is 0 Å². The maximum Gasteiger partial charge on any atom is 0.111 e. The van der Waals surface area contributed by atoms with E-state index in [0.717, 1.165) is 4.91 Å². The van der Waals surface area contributed by atoms with E-state index in [1.807, 2.05) is 18.7 Å². The Balaban J connectivity index is 2.12. The van der Waals surface area contributed by atoms with Gasteiger partial charge in [-0.25, -0.2) is 0 Å². The molecule has 3 rings (SSSR count). The second-order valence-corrected chi connectivity index (χ2v) is 6.24. The van der Waals surface area contributed by atoms with Gasteiger partial charge in [-0.15, -0.1) is 11.8 Å². The Bertz CT molecular complexity index is 552. The SMILES string of the molecule is C=C1SC(c2ccccc2)(c2ccccc2)C1OCC. The predicted molar refractivity (Wildman–Crippen MR) is 85.8 cm³/mol. The molecule has 102 valence electrons. The van der Waals surface area contributed by atoms with Gasteiger partial charge in [0.25, 0.3) is 0 Å². The van der Waals surface area contributed by atoms with Crippen LogP contribution < -0.4 is 0 Å². The molecule has 1 aliphatic heterocycles. The highest BCUT2D eigenvalue weighted by Gasteiger charge is 2.54. The van der Waals surface area contributed by atoms with Crippen LogP contribution in [0, 0.1) is 0 Å². The molecule has 0 N–H and O–H groups in total. The first kappa shape index (κ1) is 13.5. The first-order valence-electron chi connectivity index (χ1n) is 6.89. The van der Waals surface area contributed by atoms with Crippen molar-refractivity contribution in [2.45, 2.75) is 17.8 Å². The van der Waals surface area contributed by atoms with Crippen molar-refractivity contribution in [1.29, 1.82) is 0 Å². The summed E-state index contributed by atoms with van der Waals surface area (Å²) in [5.74, 6) is 0. The van der Waals surface area contributed by atoms with E-state index in [4.69, 9.17) is 4.74 Å². The average Bonchev–Trinajstić information content (AvgIpc) is 2.52. The van der Waals surface area contributed by atoms with Crippen LogP contribution in [0.5, 0.6) is 0 Å². The van der Waals surface area contributed by atoms with E-state index in [1.54, 1.807) is 0 Å². The minimum Gasteiger partial charge on any atom is -0.371 e. The highest BCUT2D eigenvalue weighted by Crippen LogP contribution is 2.61. The molecule has 0 saturated carbocycles. The van der Waals surface area contributed by atoms with Gasteiger partial charge < -0.3 is 4.74 Å². The van der Waals surface area contributed by atoms with Crippen molar-refractivity contribution in [3.05, 3.63) is 83.3 Å². The summed E-state index contributed by atoms with van der Waals surface area (Å²) in [6, 6.07) is 21.2. The third kappa shape index (κ3) is 2.00. The zero-order chi connectivity index (χ0) is 14.0. The fraction of sp³-hybridized carbons (Fsp3) is 0.222. The monoisotopic (exact) mass is 282 g/mol. The van der Waals surface area contributed by atoms with Crippen molar-refractivity contribution < 1.29 is 4.74 Å². The van der Waals surface area contributed by atoms with Crippen LogP contribution >= 0.6 is 11.8 Å². The molecular formula is C18H18OS. The van der Waals surface area contributed by atoms with Gasteiger partial charge in [-0.1, -0.05) is 67.2 Å². The summed E-state index contributed by atoms with van der Waals surface area (Å²) >= 11 is 1.81. The third-order valence-corrected chi connectivity index (χ3v) is 5.18. The fourth-order valence-corrected chi connectivity index (χ4v) is 4.22. The highest BCUT2D eigenvalue weighted by molar-refractivity contribution is 8.06. The zero-order valence-electron chi connectivity index (χ0n) is 11.6. The minimum atomic E-state index is -0.157. The molecule has 1 fully saturated rings. The lowest BCUT2D eigenvalue weighted by Gasteiger charge is -2.50. The van der Waals surface area contributed by atoms with Crippen molar-refractivity contribution in [1.82, 2.24) is 0 Å². The van der Waals surface area contributed by atoms with Crippen LogP contribution in [0.1, 0.15) is 18.1 Å². The first-order valence-corrected chi connectivity index (χ1v) is 7.71. The predicted octanol–water partition coefficient (Wildman–Crippen LogP) is 4.60. The van der Waals surface area contributed by atoms with E-state index in [0.29, 0.717) is 6.61 Å². The summed E-state index contributed by atoms with van der Waals surface area (Å²) in [5.41, 5.74) is 2.56. The summed E-state index contributed by atoms with van der Waals surface area (Å²) in [4.78, 5) is 1.11. The molecule has 0 aliphatic carbocycles. The van der Waals surface area contributed by atoms with Gasteiger partial charge in [0, 0.05) is 11.5 Å². The topological polar surface area (TPSA) is 9.23 Å². The molecule has 0 radical (unpaired) electrons. The van der Waals surface area contributed by atoms with Crippen LogP contribution in [0.4, 0.5) is 0 Å². The van der Waals surface area contributed by atoms with E-state index in [2.05, 4.69) is 67.2 Å². The molecule has 0 bridgehead atoms. The molecule has 0 amide bonds. The molecule has 1 aliphatic rings. The lowest BCUT2D eigenvalue weighted by Crippen LogP contribution is -2.48. The molecular weight excluding hydrogens is 264 g/mol. The number of rotatable bonds is 4. The lowest BCUT2D eigenvalue weighted by molar-refractivity contribution is 0.0647. The number of hydrogen-bond donors (Lipinski definition) is 0. The van der Waals surface area contributed by atoms with E-state index in [-0.39, 0.29) is 10.9 Å². The average molecular weight is 282 g/mol. The summed E-state index contributed by atoms with van der Waals surface area (Å²) in [5, 5.41) is 0. The van der Waals surface area contributed by atoms with E-state index in [1.165, 1.54) is 11.1 Å². The van der Waals surface area contributed by atoms with Gasteiger partial charge in [-0.05, 0) is 18.1 Å². The Hall–Kier alpha value is -1.51. The Morgan fingerprint density at radius 2 is 1.50 bits per heavy atom. The Morgan fingerprint density at radius 3 is 1.90 bits per heavy atom. The molecule has 2 heteroatoms. The largest absolute Gasteiger partial charge is 0.371 e. The normalized spacial score (nSPS) is 20.4. The van der Waals surface area contributed by atoms with Crippen molar-refractivity contribution >= 4 is 11.8 Å². The Morgan fingerprint density at radius 1 is 1.00 bits per heavy atom. The summed E-state index contributed by atoms with van der Waals surface area (Å²) in [7, 11) is 0. The van der Waals surface area contributed by atoms with Crippen LogP contribution in [0.3, 0.4) is 0 Å². The van der Waals surface area contributed by atoms with Crippen LogP contribution in [0.25, 0.3) is 0 Å². The maximum absolute atomic E-state index is 5.99. The maximum atomic E-state index is 5.99. The van der Waals surface area contributed by atoms with Crippen LogP contribution in [0.2, 0.25) is 0 Å². The Kier molecular flexibility index (Phi) is 3.68. The molecule has 0 aromatic heterocycles. The molecule has 20 heavy (non-hydrogen) atoms. The van der Waals surface area contributed by atoms with Crippen molar-refractivity contribution in [2.75, 3.05) is 6.61 Å².